The lowest BCUT2D eigenvalue weighted by atomic mass is 9.94. The highest BCUT2D eigenvalue weighted by molar-refractivity contribution is 5.98. The number of hydrogen-bond acceptors (Lipinski definition) is 3. The quantitative estimate of drug-likeness (QED) is 0.709. The normalized spacial score (nSPS) is 13.0. The number of benzene rings is 1. The predicted octanol–water partition coefficient (Wildman–Crippen LogP) is 2.83. The van der Waals surface area contributed by atoms with E-state index in [1.54, 1.807) is 0 Å². The average molecular weight is 281 g/mol. The van der Waals surface area contributed by atoms with Crippen molar-refractivity contribution in [2.24, 2.45) is 0 Å². The maximum atomic E-state index is 11.8. The van der Waals surface area contributed by atoms with Gasteiger partial charge in [-0.1, -0.05) is 6.07 Å². The van der Waals surface area contributed by atoms with E-state index in [0.29, 0.717) is 12.2 Å². The van der Waals surface area contributed by atoms with Crippen LogP contribution in [0.15, 0.2) is 24.4 Å². The van der Waals surface area contributed by atoms with Crippen LogP contribution in [0.1, 0.15) is 28.4 Å². The van der Waals surface area contributed by atoms with Crippen LogP contribution in [0.4, 0.5) is 0 Å². The van der Waals surface area contributed by atoms with E-state index in [2.05, 4.69) is 15.2 Å². The third kappa shape index (κ3) is 1.77. The van der Waals surface area contributed by atoms with Crippen molar-refractivity contribution in [3.05, 3.63) is 41.1 Å². The van der Waals surface area contributed by atoms with Crippen LogP contribution in [0.5, 0.6) is 0 Å². The molecule has 0 saturated carbocycles. The van der Waals surface area contributed by atoms with Crippen LogP contribution < -0.4 is 0 Å². The molecule has 0 fully saturated rings. The molecular weight excluding hydrogens is 266 g/mol. The smallest absolute Gasteiger partial charge is 0.338 e. The molecule has 1 aliphatic carbocycles. The first-order valence-electron chi connectivity index (χ1n) is 7.12. The minimum atomic E-state index is -0.285. The van der Waals surface area contributed by atoms with Crippen LogP contribution in [0.2, 0.25) is 0 Å². The summed E-state index contributed by atoms with van der Waals surface area (Å²) in [6.45, 7) is 2.19. The maximum Gasteiger partial charge on any atom is 0.338 e. The minimum absolute atomic E-state index is 0.285. The zero-order valence-electron chi connectivity index (χ0n) is 11.7. The van der Waals surface area contributed by atoms with Crippen molar-refractivity contribution in [3.8, 4) is 11.4 Å². The van der Waals surface area contributed by atoms with Gasteiger partial charge in [-0.15, -0.1) is 0 Å². The van der Waals surface area contributed by atoms with Gasteiger partial charge in [0.05, 0.1) is 17.9 Å². The van der Waals surface area contributed by atoms with Gasteiger partial charge in [0.15, 0.2) is 0 Å². The second-order valence-corrected chi connectivity index (χ2v) is 5.22. The summed E-state index contributed by atoms with van der Waals surface area (Å²) in [6.07, 6.45) is 3.93. The van der Waals surface area contributed by atoms with Gasteiger partial charge in [0, 0.05) is 17.1 Å². The number of ether oxygens (including phenoxy) is 1. The average Bonchev–Trinajstić information content (AvgIpc) is 3.10. The molecule has 0 amide bonds. The zero-order valence-corrected chi connectivity index (χ0v) is 11.7. The van der Waals surface area contributed by atoms with E-state index >= 15 is 0 Å². The molecule has 0 saturated heterocycles. The number of rotatable bonds is 2. The van der Waals surface area contributed by atoms with E-state index in [4.69, 9.17) is 4.74 Å². The topological polar surface area (TPSA) is 70.8 Å². The van der Waals surface area contributed by atoms with Crippen molar-refractivity contribution in [1.29, 1.82) is 0 Å². The number of esters is 1. The van der Waals surface area contributed by atoms with Crippen molar-refractivity contribution in [3.63, 3.8) is 0 Å². The molecule has 0 bridgehead atoms. The Balaban J connectivity index is 1.87. The van der Waals surface area contributed by atoms with E-state index in [-0.39, 0.29) is 5.97 Å². The molecule has 1 aromatic carbocycles. The number of carbonyl (C=O) groups is 1. The van der Waals surface area contributed by atoms with E-state index < -0.39 is 0 Å². The maximum absolute atomic E-state index is 11.8. The Morgan fingerprint density at radius 3 is 3.14 bits per heavy atom. The van der Waals surface area contributed by atoms with Gasteiger partial charge >= 0.3 is 5.97 Å². The highest BCUT2D eigenvalue weighted by Crippen LogP contribution is 2.36. The molecule has 5 nitrogen and oxygen atoms in total. The SMILES string of the molecule is CCOC(=O)c1ccc2c3c([nH]c2c1)-c1n[nH]cc1CC3. The molecule has 2 N–H and O–H groups in total. The number of nitrogens with zero attached hydrogens (tertiary/aromatic N) is 1. The lowest BCUT2D eigenvalue weighted by Crippen LogP contribution is -2.04. The summed E-state index contributed by atoms with van der Waals surface area (Å²) in [5, 5.41) is 8.42. The van der Waals surface area contributed by atoms with Gasteiger partial charge < -0.3 is 9.72 Å². The molecule has 5 heteroatoms. The second-order valence-electron chi connectivity index (χ2n) is 5.22. The molecule has 0 atom stereocenters. The van der Waals surface area contributed by atoms with Crippen LogP contribution in [0.3, 0.4) is 0 Å². The molecule has 1 aliphatic rings. The van der Waals surface area contributed by atoms with Crippen LogP contribution in [-0.2, 0) is 17.6 Å². The molecule has 0 unspecified atom stereocenters. The molecule has 3 aromatic rings. The Hall–Kier alpha value is -2.56. The molecule has 21 heavy (non-hydrogen) atoms. The largest absolute Gasteiger partial charge is 0.462 e. The predicted molar refractivity (Wildman–Crippen MR) is 79.2 cm³/mol. The molecular formula is C16H15N3O2. The third-order valence-electron chi connectivity index (χ3n) is 4.02. The highest BCUT2D eigenvalue weighted by Gasteiger charge is 2.23. The highest BCUT2D eigenvalue weighted by atomic mass is 16.5. The third-order valence-corrected chi connectivity index (χ3v) is 4.02. The molecule has 4 rings (SSSR count). The Morgan fingerprint density at radius 2 is 2.29 bits per heavy atom. The monoisotopic (exact) mass is 281 g/mol. The van der Waals surface area contributed by atoms with Crippen LogP contribution in [-0.4, -0.2) is 27.8 Å². The first kappa shape index (κ1) is 12.2. The lowest BCUT2D eigenvalue weighted by Gasteiger charge is -2.10. The molecule has 0 radical (unpaired) electrons. The number of carbonyl (C=O) groups excluding carboxylic acids is 1. The number of H-pyrrole nitrogens is 2. The first-order chi connectivity index (χ1) is 10.3. The van der Waals surface area contributed by atoms with E-state index in [0.717, 1.165) is 35.1 Å². The number of fused-ring (bicyclic) bond motifs is 5. The summed E-state index contributed by atoms with van der Waals surface area (Å²) in [7, 11) is 0. The summed E-state index contributed by atoms with van der Waals surface area (Å²) < 4.78 is 5.05. The van der Waals surface area contributed by atoms with Crippen molar-refractivity contribution in [2.75, 3.05) is 6.61 Å². The van der Waals surface area contributed by atoms with E-state index in [9.17, 15) is 4.79 Å². The van der Waals surface area contributed by atoms with Crippen LogP contribution in [0.25, 0.3) is 22.3 Å². The van der Waals surface area contributed by atoms with E-state index in [1.807, 2.05) is 31.3 Å². The first-order valence-corrected chi connectivity index (χ1v) is 7.12. The van der Waals surface area contributed by atoms with Crippen LogP contribution >= 0.6 is 0 Å². The van der Waals surface area contributed by atoms with Gasteiger partial charge in [-0.2, -0.15) is 5.10 Å². The van der Waals surface area contributed by atoms with E-state index in [1.165, 1.54) is 11.1 Å². The number of aryl methyl sites for hydroxylation is 2. The van der Waals surface area contributed by atoms with Gasteiger partial charge in [0.2, 0.25) is 0 Å². The fraction of sp³-hybridized carbons (Fsp3) is 0.250. The number of aromatic nitrogens is 3. The summed E-state index contributed by atoms with van der Waals surface area (Å²) in [6, 6.07) is 5.68. The Morgan fingerprint density at radius 1 is 1.38 bits per heavy atom. The van der Waals surface area contributed by atoms with Gasteiger partial charge in [0.1, 0.15) is 5.69 Å². The Kier molecular flexibility index (Phi) is 2.60. The summed E-state index contributed by atoms with van der Waals surface area (Å²) in [5.41, 5.74) is 6.10. The Bertz CT molecular complexity index is 844. The van der Waals surface area contributed by atoms with Gasteiger partial charge in [-0.05, 0) is 43.0 Å². The van der Waals surface area contributed by atoms with Crippen molar-refractivity contribution < 1.29 is 9.53 Å². The van der Waals surface area contributed by atoms with Crippen molar-refractivity contribution in [1.82, 2.24) is 15.2 Å². The van der Waals surface area contributed by atoms with Crippen LogP contribution in [0, 0.1) is 0 Å². The molecule has 106 valence electrons. The molecule has 2 aromatic heterocycles. The molecule has 2 heterocycles. The summed E-state index contributed by atoms with van der Waals surface area (Å²) >= 11 is 0. The van der Waals surface area contributed by atoms with Crippen molar-refractivity contribution >= 4 is 16.9 Å². The van der Waals surface area contributed by atoms with Gasteiger partial charge in [-0.25, -0.2) is 4.79 Å². The fourth-order valence-corrected chi connectivity index (χ4v) is 3.04. The lowest BCUT2D eigenvalue weighted by molar-refractivity contribution is 0.0526. The number of aromatic amines is 2. The van der Waals surface area contributed by atoms with Crippen molar-refractivity contribution in [2.45, 2.75) is 19.8 Å². The Labute approximate surface area is 121 Å². The summed E-state index contributed by atoms with van der Waals surface area (Å²) in [5.74, 6) is -0.285. The minimum Gasteiger partial charge on any atom is -0.462 e. The standard InChI is InChI=1S/C16H15N3O2/c1-2-21-16(20)9-3-5-11-12-6-4-10-8-17-19-14(10)15(12)18-13(11)7-9/h3,5,7-8,18H,2,4,6H2,1H3,(H,17,19). The molecule has 0 spiro atoms. The summed E-state index contributed by atoms with van der Waals surface area (Å²) in [4.78, 5) is 15.2. The number of nitrogens with one attached hydrogen (secondary N) is 2. The van der Waals surface area contributed by atoms with Gasteiger partial charge in [0.25, 0.3) is 0 Å². The fourth-order valence-electron chi connectivity index (χ4n) is 3.04. The van der Waals surface area contributed by atoms with Gasteiger partial charge in [-0.3, -0.25) is 5.10 Å². The zero-order chi connectivity index (χ0) is 14.4. The molecule has 0 aliphatic heterocycles. The second kappa shape index (κ2) is 4.48. The number of hydrogen-bond donors (Lipinski definition) is 2.